The second kappa shape index (κ2) is 6.31. The summed E-state index contributed by atoms with van der Waals surface area (Å²) in [5, 5.41) is 11.8. The maximum Gasteiger partial charge on any atom is 0.147 e. The standard InChI is InChI=1S/C14H12ClFN4/c1-2-3-13-19-12(15)7-14(20-13)18-11-5-4-9(8-17)6-10(11)16/h4-7H,2-3H2,1H3,(H,18,19,20). The molecular formula is C14H12ClFN4. The van der Waals surface area contributed by atoms with Crippen molar-refractivity contribution in [2.24, 2.45) is 0 Å². The molecule has 0 fully saturated rings. The first kappa shape index (κ1) is 14.2. The van der Waals surface area contributed by atoms with Crippen LogP contribution in [-0.2, 0) is 6.42 Å². The molecule has 0 aliphatic carbocycles. The van der Waals surface area contributed by atoms with E-state index in [-0.39, 0.29) is 11.3 Å². The van der Waals surface area contributed by atoms with Crippen LogP contribution in [0.25, 0.3) is 0 Å². The van der Waals surface area contributed by atoms with Crippen LogP contribution in [0.4, 0.5) is 15.9 Å². The molecule has 6 heteroatoms. The van der Waals surface area contributed by atoms with Crippen LogP contribution in [0.5, 0.6) is 0 Å². The van der Waals surface area contributed by atoms with Gasteiger partial charge < -0.3 is 5.32 Å². The first-order chi connectivity index (χ1) is 9.62. The van der Waals surface area contributed by atoms with Gasteiger partial charge in [0.25, 0.3) is 0 Å². The molecule has 0 atom stereocenters. The molecule has 0 saturated heterocycles. The lowest BCUT2D eigenvalue weighted by atomic mass is 10.2. The topological polar surface area (TPSA) is 61.6 Å². The molecule has 1 aromatic heterocycles. The lowest BCUT2D eigenvalue weighted by Gasteiger charge is -2.08. The van der Waals surface area contributed by atoms with Crippen molar-refractivity contribution in [1.82, 2.24) is 9.97 Å². The minimum absolute atomic E-state index is 0.237. The zero-order valence-corrected chi connectivity index (χ0v) is 11.6. The number of hydrogen-bond acceptors (Lipinski definition) is 4. The Hall–Kier alpha value is -2.19. The molecule has 0 aliphatic rings. The van der Waals surface area contributed by atoms with Gasteiger partial charge in [-0.15, -0.1) is 0 Å². The third kappa shape index (κ3) is 3.43. The van der Waals surface area contributed by atoms with Crippen LogP contribution in [0, 0.1) is 17.1 Å². The van der Waals surface area contributed by atoms with E-state index in [0.717, 1.165) is 12.5 Å². The summed E-state index contributed by atoms with van der Waals surface area (Å²) in [6.07, 6.45) is 1.59. The summed E-state index contributed by atoms with van der Waals surface area (Å²) < 4.78 is 13.8. The number of anilines is 2. The van der Waals surface area contributed by atoms with Crippen molar-refractivity contribution in [3.8, 4) is 6.07 Å². The van der Waals surface area contributed by atoms with Crippen LogP contribution >= 0.6 is 11.6 Å². The number of benzene rings is 1. The first-order valence-corrected chi connectivity index (χ1v) is 6.50. The lowest BCUT2D eigenvalue weighted by molar-refractivity contribution is 0.631. The van der Waals surface area contributed by atoms with Crippen LogP contribution in [-0.4, -0.2) is 9.97 Å². The van der Waals surface area contributed by atoms with E-state index in [2.05, 4.69) is 15.3 Å². The van der Waals surface area contributed by atoms with E-state index in [4.69, 9.17) is 16.9 Å². The van der Waals surface area contributed by atoms with Gasteiger partial charge in [0.15, 0.2) is 0 Å². The minimum Gasteiger partial charge on any atom is -0.338 e. The fraction of sp³-hybridized carbons (Fsp3) is 0.214. The third-order valence-corrected chi connectivity index (χ3v) is 2.77. The molecule has 1 heterocycles. The molecule has 0 radical (unpaired) electrons. The largest absolute Gasteiger partial charge is 0.338 e. The quantitative estimate of drug-likeness (QED) is 0.869. The van der Waals surface area contributed by atoms with Gasteiger partial charge in [-0.2, -0.15) is 5.26 Å². The highest BCUT2D eigenvalue weighted by Gasteiger charge is 2.07. The van der Waals surface area contributed by atoms with Crippen LogP contribution in [0.3, 0.4) is 0 Å². The highest BCUT2D eigenvalue weighted by atomic mass is 35.5. The molecular weight excluding hydrogens is 279 g/mol. The average molecular weight is 291 g/mol. The predicted molar refractivity (Wildman–Crippen MR) is 75.4 cm³/mol. The van der Waals surface area contributed by atoms with Gasteiger partial charge in [0.05, 0.1) is 17.3 Å². The van der Waals surface area contributed by atoms with Crippen molar-refractivity contribution in [3.63, 3.8) is 0 Å². The van der Waals surface area contributed by atoms with E-state index in [9.17, 15) is 4.39 Å². The third-order valence-electron chi connectivity index (χ3n) is 2.58. The Kier molecular flexibility index (Phi) is 4.49. The fourth-order valence-corrected chi connectivity index (χ4v) is 1.89. The number of halogens is 2. The maximum absolute atomic E-state index is 13.8. The van der Waals surface area contributed by atoms with Gasteiger partial charge in [-0.3, -0.25) is 0 Å². The van der Waals surface area contributed by atoms with Crippen LogP contribution in [0.2, 0.25) is 5.15 Å². The Morgan fingerprint density at radius 1 is 1.35 bits per heavy atom. The highest BCUT2D eigenvalue weighted by molar-refractivity contribution is 6.29. The molecule has 4 nitrogen and oxygen atoms in total. The first-order valence-electron chi connectivity index (χ1n) is 6.12. The van der Waals surface area contributed by atoms with E-state index in [1.165, 1.54) is 18.2 Å². The zero-order valence-electron chi connectivity index (χ0n) is 10.8. The Morgan fingerprint density at radius 2 is 2.15 bits per heavy atom. The van der Waals surface area contributed by atoms with E-state index in [1.54, 1.807) is 0 Å². The normalized spacial score (nSPS) is 10.1. The van der Waals surface area contributed by atoms with Gasteiger partial charge >= 0.3 is 0 Å². The number of nitrogens with zero attached hydrogens (tertiary/aromatic N) is 3. The van der Waals surface area contributed by atoms with E-state index in [0.29, 0.717) is 23.2 Å². The number of aryl methyl sites for hydroxylation is 1. The maximum atomic E-state index is 13.8. The van der Waals surface area contributed by atoms with Crippen molar-refractivity contribution in [2.75, 3.05) is 5.32 Å². The van der Waals surface area contributed by atoms with Crippen molar-refractivity contribution >= 4 is 23.1 Å². The van der Waals surface area contributed by atoms with E-state index in [1.807, 2.05) is 13.0 Å². The zero-order chi connectivity index (χ0) is 14.5. The predicted octanol–water partition coefficient (Wildman–Crippen LogP) is 3.84. The van der Waals surface area contributed by atoms with Crippen molar-refractivity contribution in [2.45, 2.75) is 19.8 Å². The molecule has 0 unspecified atom stereocenters. The van der Waals surface area contributed by atoms with Crippen molar-refractivity contribution in [1.29, 1.82) is 5.26 Å². The molecule has 0 saturated carbocycles. The van der Waals surface area contributed by atoms with Gasteiger partial charge in [0, 0.05) is 12.5 Å². The van der Waals surface area contributed by atoms with Crippen LogP contribution in [0.15, 0.2) is 24.3 Å². The Labute approximate surface area is 121 Å². The number of nitriles is 1. The summed E-state index contributed by atoms with van der Waals surface area (Å²) in [7, 11) is 0. The fourth-order valence-electron chi connectivity index (χ4n) is 1.69. The monoisotopic (exact) mass is 290 g/mol. The summed E-state index contributed by atoms with van der Waals surface area (Å²) >= 11 is 5.91. The smallest absolute Gasteiger partial charge is 0.147 e. The summed E-state index contributed by atoms with van der Waals surface area (Å²) in [5.41, 5.74) is 0.502. The Morgan fingerprint density at radius 3 is 2.80 bits per heavy atom. The SMILES string of the molecule is CCCc1nc(Cl)cc(Nc2ccc(C#N)cc2F)n1. The molecule has 0 aliphatic heterocycles. The average Bonchev–Trinajstić information content (AvgIpc) is 2.41. The molecule has 102 valence electrons. The molecule has 20 heavy (non-hydrogen) atoms. The van der Waals surface area contributed by atoms with Crippen molar-refractivity contribution < 1.29 is 4.39 Å². The van der Waals surface area contributed by atoms with Crippen LogP contribution < -0.4 is 5.32 Å². The number of nitrogens with one attached hydrogen (secondary N) is 1. The molecule has 0 spiro atoms. The van der Waals surface area contributed by atoms with Gasteiger partial charge in [-0.1, -0.05) is 18.5 Å². The lowest BCUT2D eigenvalue weighted by Crippen LogP contribution is -2.01. The Bertz CT molecular complexity index is 667. The van der Waals surface area contributed by atoms with E-state index >= 15 is 0 Å². The Balaban J connectivity index is 2.28. The van der Waals surface area contributed by atoms with Gasteiger partial charge in [-0.25, -0.2) is 14.4 Å². The molecule has 1 aromatic carbocycles. The molecule has 0 bridgehead atoms. The van der Waals surface area contributed by atoms with Gasteiger partial charge in [-0.05, 0) is 24.6 Å². The second-order valence-electron chi connectivity index (χ2n) is 4.17. The second-order valence-corrected chi connectivity index (χ2v) is 4.56. The van der Waals surface area contributed by atoms with E-state index < -0.39 is 5.82 Å². The highest BCUT2D eigenvalue weighted by Crippen LogP contribution is 2.21. The summed E-state index contributed by atoms with van der Waals surface area (Å²) in [4.78, 5) is 8.36. The summed E-state index contributed by atoms with van der Waals surface area (Å²) in [5.74, 6) is 0.518. The summed E-state index contributed by atoms with van der Waals surface area (Å²) in [6, 6.07) is 7.59. The minimum atomic E-state index is -0.518. The van der Waals surface area contributed by atoms with Gasteiger partial charge in [0.1, 0.15) is 22.6 Å². The number of aromatic nitrogens is 2. The molecule has 1 N–H and O–H groups in total. The van der Waals surface area contributed by atoms with Crippen molar-refractivity contribution in [3.05, 3.63) is 46.6 Å². The molecule has 0 amide bonds. The summed E-state index contributed by atoms with van der Waals surface area (Å²) in [6.45, 7) is 2.01. The van der Waals surface area contributed by atoms with Crippen LogP contribution in [0.1, 0.15) is 24.7 Å². The molecule has 2 aromatic rings. The number of rotatable bonds is 4. The number of hydrogen-bond donors (Lipinski definition) is 1. The molecule has 2 rings (SSSR count). The van der Waals surface area contributed by atoms with Gasteiger partial charge in [0.2, 0.25) is 0 Å².